The number of aromatic amines is 1. The smallest absolute Gasteiger partial charge is 0.307 e. The number of nitrogens with one attached hydrogen (secondary N) is 1. The average molecular weight is 306 g/mol. The summed E-state index contributed by atoms with van der Waals surface area (Å²) in [5.74, 6) is -0.847. The molecular formula is C15H12ClNO2S. The van der Waals surface area contributed by atoms with Crippen LogP contribution in [-0.2, 0) is 11.2 Å². The lowest BCUT2D eigenvalue weighted by molar-refractivity contribution is -0.136. The Hall–Kier alpha value is -1.78. The molecule has 3 rings (SSSR count). The molecule has 2 heterocycles. The molecule has 2 aromatic heterocycles. The third-order valence-electron chi connectivity index (χ3n) is 3.18. The third kappa shape index (κ3) is 2.32. The summed E-state index contributed by atoms with van der Waals surface area (Å²) in [5.41, 5.74) is 2.58. The minimum Gasteiger partial charge on any atom is -0.481 e. The van der Waals surface area contributed by atoms with Gasteiger partial charge < -0.3 is 10.1 Å². The molecule has 0 aliphatic heterocycles. The van der Waals surface area contributed by atoms with Crippen molar-refractivity contribution in [3.8, 4) is 10.6 Å². The number of carbonyl (C=O) groups is 1. The van der Waals surface area contributed by atoms with Crippen LogP contribution in [-0.4, -0.2) is 16.1 Å². The van der Waals surface area contributed by atoms with Gasteiger partial charge in [0.05, 0.1) is 17.0 Å². The van der Waals surface area contributed by atoms with Crippen LogP contribution in [0.1, 0.15) is 10.4 Å². The second-order valence-corrected chi connectivity index (χ2v) is 6.37. The summed E-state index contributed by atoms with van der Waals surface area (Å²) in [5, 5.41) is 10.6. The SMILES string of the molecule is Cc1ccc(-c2[nH]c3ccc(Cl)cc3c2CC(=O)O)s1. The van der Waals surface area contributed by atoms with E-state index in [0.29, 0.717) is 5.02 Å². The Morgan fingerprint density at radius 2 is 2.15 bits per heavy atom. The van der Waals surface area contributed by atoms with E-state index in [-0.39, 0.29) is 6.42 Å². The van der Waals surface area contributed by atoms with Gasteiger partial charge in [-0.15, -0.1) is 11.3 Å². The fourth-order valence-electron chi connectivity index (χ4n) is 2.33. The number of fused-ring (bicyclic) bond motifs is 1. The zero-order valence-corrected chi connectivity index (χ0v) is 12.3. The highest BCUT2D eigenvalue weighted by Crippen LogP contribution is 2.35. The van der Waals surface area contributed by atoms with Crippen molar-refractivity contribution in [2.75, 3.05) is 0 Å². The number of H-pyrrole nitrogens is 1. The molecule has 0 aliphatic rings. The van der Waals surface area contributed by atoms with E-state index < -0.39 is 5.97 Å². The first-order valence-corrected chi connectivity index (χ1v) is 7.33. The Morgan fingerprint density at radius 3 is 2.80 bits per heavy atom. The van der Waals surface area contributed by atoms with E-state index in [1.807, 2.05) is 31.2 Å². The first-order valence-electron chi connectivity index (χ1n) is 6.13. The van der Waals surface area contributed by atoms with Crippen LogP contribution in [0.5, 0.6) is 0 Å². The lowest BCUT2D eigenvalue weighted by atomic mass is 10.1. The quantitative estimate of drug-likeness (QED) is 0.749. The predicted molar refractivity (Wildman–Crippen MR) is 82.7 cm³/mol. The Kier molecular flexibility index (Phi) is 3.28. The van der Waals surface area contributed by atoms with Crippen molar-refractivity contribution >= 4 is 39.8 Å². The third-order valence-corrected chi connectivity index (χ3v) is 4.44. The van der Waals surface area contributed by atoms with Gasteiger partial charge in [0.1, 0.15) is 0 Å². The molecule has 0 fully saturated rings. The molecule has 0 aliphatic carbocycles. The van der Waals surface area contributed by atoms with E-state index in [2.05, 4.69) is 4.98 Å². The van der Waals surface area contributed by atoms with Gasteiger partial charge in [-0.25, -0.2) is 0 Å². The maximum Gasteiger partial charge on any atom is 0.307 e. The predicted octanol–water partition coefficient (Wildman–Crippen LogP) is 4.49. The maximum atomic E-state index is 11.1. The lowest BCUT2D eigenvalue weighted by Gasteiger charge is -2.00. The van der Waals surface area contributed by atoms with Gasteiger partial charge in [-0.3, -0.25) is 4.79 Å². The molecule has 0 bridgehead atoms. The van der Waals surface area contributed by atoms with Crippen LogP contribution in [0, 0.1) is 6.92 Å². The number of carboxylic acids is 1. The number of benzene rings is 1. The molecular weight excluding hydrogens is 294 g/mol. The van der Waals surface area contributed by atoms with E-state index in [0.717, 1.165) is 27.0 Å². The van der Waals surface area contributed by atoms with Gasteiger partial charge in [0.2, 0.25) is 0 Å². The first-order chi connectivity index (χ1) is 9.54. The molecule has 0 saturated carbocycles. The molecule has 0 saturated heterocycles. The highest BCUT2D eigenvalue weighted by molar-refractivity contribution is 7.15. The monoisotopic (exact) mass is 305 g/mol. The number of hydrogen-bond acceptors (Lipinski definition) is 2. The fourth-order valence-corrected chi connectivity index (χ4v) is 3.40. The van der Waals surface area contributed by atoms with Crippen LogP contribution in [0.15, 0.2) is 30.3 Å². The van der Waals surface area contributed by atoms with Crippen LogP contribution >= 0.6 is 22.9 Å². The van der Waals surface area contributed by atoms with Gasteiger partial charge in [-0.05, 0) is 42.8 Å². The van der Waals surface area contributed by atoms with Crippen LogP contribution < -0.4 is 0 Å². The number of aromatic nitrogens is 1. The first kappa shape index (κ1) is 13.2. The Balaban J connectivity index is 2.27. The van der Waals surface area contributed by atoms with Gasteiger partial charge in [-0.1, -0.05) is 11.6 Å². The number of thiophene rings is 1. The van der Waals surface area contributed by atoms with Crippen LogP contribution in [0.4, 0.5) is 0 Å². The van der Waals surface area contributed by atoms with Crippen molar-refractivity contribution in [2.24, 2.45) is 0 Å². The molecule has 20 heavy (non-hydrogen) atoms. The summed E-state index contributed by atoms with van der Waals surface area (Å²) in [6, 6.07) is 9.54. The molecule has 2 N–H and O–H groups in total. The van der Waals surface area contributed by atoms with Crippen LogP contribution in [0.25, 0.3) is 21.5 Å². The van der Waals surface area contributed by atoms with E-state index >= 15 is 0 Å². The molecule has 0 spiro atoms. The Morgan fingerprint density at radius 1 is 1.35 bits per heavy atom. The molecule has 0 atom stereocenters. The van der Waals surface area contributed by atoms with E-state index in [1.54, 1.807) is 17.4 Å². The number of aryl methyl sites for hydroxylation is 1. The van der Waals surface area contributed by atoms with Crippen molar-refractivity contribution in [3.05, 3.63) is 45.8 Å². The summed E-state index contributed by atoms with van der Waals surface area (Å²) < 4.78 is 0. The van der Waals surface area contributed by atoms with E-state index in [1.165, 1.54) is 4.88 Å². The second kappa shape index (κ2) is 4.96. The van der Waals surface area contributed by atoms with Crippen LogP contribution in [0.2, 0.25) is 5.02 Å². The van der Waals surface area contributed by atoms with E-state index in [9.17, 15) is 4.79 Å². The van der Waals surface area contributed by atoms with Gasteiger partial charge in [0, 0.05) is 20.8 Å². The summed E-state index contributed by atoms with van der Waals surface area (Å²) in [7, 11) is 0. The zero-order valence-electron chi connectivity index (χ0n) is 10.7. The molecule has 0 amide bonds. The largest absolute Gasteiger partial charge is 0.481 e. The second-order valence-electron chi connectivity index (χ2n) is 4.65. The highest BCUT2D eigenvalue weighted by atomic mass is 35.5. The summed E-state index contributed by atoms with van der Waals surface area (Å²) >= 11 is 7.67. The number of rotatable bonds is 3. The minimum absolute atomic E-state index is 0.0212. The molecule has 1 aromatic carbocycles. The van der Waals surface area contributed by atoms with Gasteiger partial charge in [0.15, 0.2) is 0 Å². The van der Waals surface area contributed by atoms with Crippen molar-refractivity contribution in [3.63, 3.8) is 0 Å². The van der Waals surface area contributed by atoms with Crippen molar-refractivity contribution in [2.45, 2.75) is 13.3 Å². The number of aliphatic carboxylic acids is 1. The zero-order chi connectivity index (χ0) is 14.3. The molecule has 3 nitrogen and oxygen atoms in total. The fraction of sp³-hybridized carbons (Fsp3) is 0.133. The number of hydrogen-bond donors (Lipinski definition) is 2. The molecule has 3 aromatic rings. The lowest BCUT2D eigenvalue weighted by Crippen LogP contribution is -2.00. The van der Waals surface area contributed by atoms with E-state index in [4.69, 9.17) is 16.7 Å². The molecule has 102 valence electrons. The number of carboxylic acid groups (broad SMARTS) is 1. The Bertz CT molecular complexity index is 803. The van der Waals surface area contributed by atoms with Gasteiger partial charge in [-0.2, -0.15) is 0 Å². The van der Waals surface area contributed by atoms with Crippen molar-refractivity contribution < 1.29 is 9.90 Å². The summed E-state index contributed by atoms with van der Waals surface area (Å²) in [4.78, 5) is 16.7. The highest BCUT2D eigenvalue weighted by Gasteiger charge is 2.17. The Labute approximate surface area is 124 Å². The summed E-state index contributed by atoms with van der Waals surface area (Å²) in [6.07, 6.45) is -0.0212. The average Bonchev–Trinajstić information content (AvgIpc) is 2.94. The van der Waals surface area contributed by atoms with Crippen molar-refractivity contribution in [1.29, 1.82) is 0 Å². The minimum atomic E-state index is -0.847. The number of halogens is 1. The normalized spacial score (nSPS) is 11.1. The van der Waals surface area contributed by atoms with Crippen molar-refractivity contribution in [1.82, 2.24) is 4.98 Å². The summed E-state index contributed by atoms with van der Waals surface area (Å²) in [6.45, 7) is 2.03. The van der Waals surface area contributed by atoms with Gasteiger partial charge >= 0.3 is 5.97 Å². The van der Waals surface area contributed by atoms with Gasteiger partial charge in [0.25, 0.3) is 0 Å². The maximum absolute atomic E-state index is 11.1. The topological polar surface area (TPSA) is 53.1 Å². The van der Waals surface area contributed by atoms with Crippen LogP contribution in [0.3, 0.4) is 0 Å². The molecule has 0 radical (unpaired) electrons. The molecule has 5 heteroatoms. The molecule has 0 unspecified atom stereocenters. The standard InChI is InChI=1S/C15H12ClNO2S/c1-8-2-5-13(20-8)15-11(7-14(18)19)10-6-9(16)3-4-12(10)17-15/h2-6,17H,7H2,1H3,(H,18,19).